The van der Waals surface area contributed by atoms with Gasteiger partial charge in [-0.1, -0.05) is 35.0 Å². The predicted octanol–water partition coefficient (Wildman–Crippen LogP) is 3.62. The van der Waals surface area contributed by atoms with Gasteiger partial charge in [0.05, 0.1) is 0 Å². The number of likely N-dealkylation sites (tertiary alicyclic amines) is 1. The van der Waals surface area contributed by atoms with E-state index in [-0.39, 0.29) is 11.8 Å². The quantitative estimate of drug-likeness (QED) is 0.653. The number of piperidine rings is 1. The number of nitrogens with one attached hydrogen (secondary N) is 2. The van der Waals surface area contributed by atoms with Crippen LogP contribution in [0.4, 0.5) is 5.69 Å². The van der Waals surface area contributed by atoms with Crippen LogP contribution in [0.25, 0.3) is 0 Å². The Bertz CT molecular complexity index is 889. The lowest BCUT2D eigenvalue weighted by atomic mass is 9.96. The van der Waals surface area contributed by atoms with E-state index in [0.29, 0.717) is 30.9 Å². The summed E-state index contributed by atoms with van der Waals surface area (Å²) in [6, 6.07) is 14.8. The Kier molecular flexibility index (Phi) is 7.63. The van der Waals surface area contributed by atoms with Crippen molar-refractivity contribution in [2.75, 3.05) is 25.0 Å². The minimum absolute atomic E-state index is 0.0263. The largest absolute Gasteiger partial charge is 0.348 e. The van der Waals surface area contributed by atoms with Crippen LogP contribution < -0.4 is 10.6 Å². The maximum atomic E-state index is 12.6. The minimum atomic E-state index is -0.665. The van der Waals surface area contributed by atoms with Crippen LogP contribution in [0.5, 0.6) is 0 Å². The Labute approximate surface area is 185 Å². The molecule has 0 atom stereocenters. The van der Waals surface area contributed by atoms with Crippen LogP contribution in [0.2, 0.25) is 0 Å². The summed E-state index contributed by atoms with van der Waals surface area (Å²) in [6.07, 6.45) is 2.51. The summed E-state index contributed by atoms with van der Waals surface area (Å²) in [5.41, 5.74) is 2.45. The molecule has 7 heteroatoms. The first-order valence-electron chi connectivity index (χ1n) is 10.2. The predicted molar refractivity (Wildman–Crippen MR) is 120 cm³/mol. The molecule has 0 aliphatic carbocycles. The first-order chi connectivity index (χ1) is 14.5. The third-order valence-corrected chi connectivity index (χ3v) is 5.90. The van der Waals surface area contributed by atoms with Gasteiger partial charge in [0.1, 0.15) is 0 Å². The van der Waals surface area contributed by atoms with Gasteiger partial charge in [-0.25, -0.2) is 0 Å². The standard InChI is InChI=1S/C23H26BrN3O3/c1-2-16-3-9-20(10-4-16)26-22(29)21(28)25-15-17-11-13-27(14-12-17)23(30)18-5-7-19(24)8-6-18/h3-10,17H,2,11-15H2,1H3,(H,25,28)(H,26,29). The van der Waals surface area contributed by atoms with E-state index in [1.165, 1.54) is 5.56 Å². The Morgan fingerprint density at radius 1 is 0.967 bits per heavy atom. The summed E-state index contributed by atoms with van der Waals surface area (Å²) >= 11 is 3.37. The van der Waals surface area contributed by atoms with Gasteiger partial charge in [-0.15, -0.1) is 0 Å². The number of hydrogen-bond donors (Lipinski definition) is 2. The highest BCUT2D eigenvalue weighted by molar-refractivity contribution is 9.10. The van der Waals surface area contributed by atoms with Crippen molar-refractivity contribution in [2.24, 2.45) is 5.92 Å². The van der Waals surface area contributed by atoms with Gasteiger partial charge in [-0.05, 0) is 67.1 Å². The van der Waals surface area contributed by atoms with Crippen LogP contribution in [0.1, 0.15) is 35.7 Å². The molecular weight excluding hydrogens is 446 g/mol. The van der Waals surface area contributed by atoms with Crippen molar-refractivity contribution in [3.8, 4) is 0 Å². The Morgan fingerprint density at radius 2 is 1.60 bits per heavy atom. The number of nitrogens with zero attached hydrogens (tertiary/aromatic N) is 1. The molecule has 158 valence electrons. The zero-order valence-electron chi connectivity index (χ0n) is 17.0. The third kappa shape index (κ3) is 5.92. The summed E-state index contributed by atoms with van der Waals surface area (Å²) < 4.78 is 0.940. The molecule has 0 aromatic heterocycles. The van der Waals surface area contributed by atoms with E-state index in [1.807, 2.05) is 41.3 Å². The topological polar surface area (TPSA) is 78.5 Å². The highest BCUT2D eigenvalue weighted by Gasteiger charge is 2.24. The second kappa shape index (κ2) is 10.4. The van der Waals surface area contributed by atoms with E-state index in [0.717, 1.165) is 23.7 Å². The van der Waals surface area contributed by atoms with E-state index in [2.05, 4.69) is 33.5 Å². The van der Waals surface area contributed by atoms with Crippen molar-refractivity contribution < 1.29 is 14.4 Å². The molecule has 6 nitrogen and oxygen atoms in total. The lowest BCUT2D eigenvalue weighted by molar-refractivity contribution is -0.136. The summed E-state index contributed by atoms with van der Waals surface area (Å²) in [7, 11) is 0. The van der Waals surface area contributed by atoms with Crippen molar-refractivity contribution in [1.82, 2.24) is 10.2 Å². The van der Waals surface area contributed by atoms with E-state index in [1.54, 1.807) is 12.1 Å². The van der Waals surface area contributed by atoms with Gasteiger partial charge in [0, 0.05) is 35.4 Å². The number of amides is 3. The molecule has 3 rings (SSSR count). The summed E-state index contributed by atoms with van der Waals surface area (Å²) in [5, 5.41) is 5.33. The van der Waals surface area contributed by atoms with Crippen LogP contribution in [-0.2, 0) is 16.0 Å². The van der Waals surface area contributed by atoms with E-state index >= 15 is 0 Å². The molecule has 30 heavy (non-hydrogen) atoms. The molecule has 1 saturated heterocycles. The van der Waals surface area contributed by atoms with Gasteiger partial charge in [0.15, 0.2) is 0 Å². The summed E-state index contributed by atoms with van der Waals surface area (Å²) in [6.45, 7) is 3.78. The van der Waals surface area contributed by atoms with Gasteiger partial charge >= 0.3 is 11.8 Å². The fraction of sp³-hybridized carbons (Fsp3) is 0.348. The fourth-order valence-electron chi connectivity index (χ4n) is 3.44. The van der Waals surface area contributed by atoms with Gasteiger partial charge in [-0.2, -0.15) is 0 Å². The zero-order chi connectivity index (χ0) is 21.5. The minimum Gasteiger partial charge on any atom is -0.348 e. The smallest absolute Gasteiger partial charge is 0.313 e. The molecule has 2 N–H and O–H groups in total. The SMILES string of the molecule is CCc1ccc(NC(=O)C(=O)NCC2CCN(C(=O)c3ccc(Br)cc3)CC2)cc1. The zero-order valence-corrected chi connectivity index (χ0v) is 18.6. The second-order valence-electron chi connectivity index (χ2n) is 7.46. The summed E-state index contributed by atoms with van der Waals surface area (Å²) in [5.74, 6) is -1.02. The second-order valence-corrected chi connectivity index (χ2v) is 8.37. The average Bonchev–Trinajstić information content (AvgIpc) is 2.78. The average molecular weight is 472 g/mol. The molecule has 2 aromatic rings. The van der Waals surface area contributed by atoms with Crippen molar-refractivity contribution in [3.63, 3.8) is 0 Å². The molecule has 1 fully saturated rings. The van der Waals surface area contributed by atoms with Crippen molar-refractivity contribution in [2.45, 2.75) is 26.2 Å². The highest BCUT2D eigenvalue weighted by Crippen LogP contribution is 2.19. The van der Waals surface area contributed by atoms with Crippen LogP contribution >= 0.6 is 15.9 Å². The number of anilines is 1. The van der Waals surface area contributed by atoms with Crippen LogP contribution in [0.15, 0.2) is 53.0 Å². The number of benzene rings is 2. The normalized spacial score (nSPS) is 14.3. The molecule has 2 aromatic carbocycles. The maximum absolute atomic E-state index is 12.6. The molecule has 3 amide bonds. The lowest BCUT2D eigenvalue weighted by Crippen LogP contribution is -2.43. The third-order valence-electron chi connectivity index (χ3n) is 5.37. The maximum Gasteiger partial charge on any atom is 0.313 e. The molecule has 0 radical (unpaired) electrons. The number of hydrogen-bond acceptors (Lipinski definition) is 3. The van der Waals surface area contributed by atoms with Crippen LogP contribution in [-0.4, -0.2) is 42.3 Å². The molecule has 0 unspecified atom stereocenters. The van der Waals surface area contributed by atoms with E-state index < -0.39 is 11.8 Å². The Balaban J connectivity index is 1.41. The Hall–Kier alpha value is -2.67. The molecular formula is C23H26BrN3O3. The van der Waals surface area contributed by atoms with Crippen molar-refractivity contribution in [1.29, 1.82) is 0 Å². The number of halogens is 1. The van der Waals surface area contributed by atoms with Gasteiger partial charge in [0.25, 0.3) is 5.91 Å². The number of rotatable bonds is 5. The molecule has 1 heterocycles. The highest BCUT2D eigenvalue weighted by atomic mass is 79.9. The first-order valence-corrected chi connectivity index (χ1v) is 11.0. The van der Waals surface area contributed by atoms with Gasteiger partial charge in [-0.3, -0.25) is 14.4 Å². The molecule has 0 saturated carbocycles. The number of aryl methyl sites for hydroxylation is 1. The van der Waals surface area contributed by atoms with E-state index in [4.69, 9.17) is 0 Å². The van der Waals surface area contributed by atoms with Crippen LogP contribution in [0.3, 0.4) is 0 Å². The number of carbonyl (C=O) groups excluding carboxylic acids is 3. The van der Waals surface area contributed by atoms with Gasteiger partial charge in [0.2, 0.25) is 0 Å². The van der Waals surface area contributed by atoms with Gasteiger partial charge < -0.3 is 15.5 Å². The lowest BCUT2D eigenvalue weighted by Gasteiger charge is -2.32. The fourth-order valence-corrected chi connectivity index (χ4v) is 3.71. The molecule has 0 bridgehead atoms. The van der Waals surface area contributed by atoms with Crippen molar-refractivity contribution >= 4 is 39.3 Å². The monoisotopic (exact) mass is 471 g/mol. The first kappa shape index (κ1) is 22.0. The summed E-state index contributed by atoms with van der Waals surface area (Å²) in [4.78, 5) is 38.6. The number of carbonyl (C=O) groups is 3. The van der Waals surface area contributed by atoms with Crippen LogP contribution in [0, 0.1) is 5.92 Å². The van der Waals surface area contributed by atoms with E-state index in [9.17, 15) is 14.4 Å². The Morgan fingerprint density at radius 3 is 2.20 bits per heavy atom. The van der Waals surface area contributed by atoms with Crippen molar-refractivity contribution in [3.05, 3.63) is 64.1 Å². The molecule has 1 aliphatic heterocycles. The molecule has 1 aliphatic rings. The molecule has 0 spiro atoms.